The topological polar surface area (TPSA) is 61.7 Å². The Balaban J connectivity index is 2.68. The summed E-state index contributed by atoms with van der Waals surface area (Å²) in [7, 11) is 0. The zero-order chi connectivity index (χ0) is 11.3. The predicted molar refractivity (Wildman–Crippen MR) is 47.0 cm³/mol. The van der Waals surface area contributed by atoms with E-state index in [1.165, 1.54) is 6.07 Å². The van der Waals surface area contributed by atoms with Gasteiger partial charge in [-0.25, -0.2) is 0 Å². The second-order valence-electron chi connectivity index (χ2n) is 2.75. The Morgan fingerprint density at radius 2 is 2.13 bits per heavy atom. The summed E-state index contributed by atoms with van der Waals surface area (Å²) in [5, 5.41) is 3.27. The maximum absolute atomic E-state index is 12.1. The maximum Gasteiger partial charge on any atom is 0.433 e. The molecule has 1 aromatic rings. The van der Waals surface area contributed by atoms with Gasteiger partial charge in [0, 0.05) is 17.7 Å². The second kappa shape index (κ2) is 4.65. The number of rotatable bonds is 3. The number of hydrogen-bond donors (Lipinski definition) is 0. The number of alkyl halides is 3. The van der Waals surface area contributed by atoms with Gasteiger partial charge in [0.25, 0.3) is 0 Å². The van der Waals surface area contributed by atoms with Crippen LogP contribution in [0.2, 0.25) is 0 Å². The SMILES string of the molecule is [N-]=[N+]=NCCc1ccc(C(F)(F)F)nc1. The average Bonchev–Trinajstić information content (AvgIpc) is 2.18. The molecule has 0 aliphatic heterocycles. The summed E-state index contributed by atoms with van der Waals surface area (Å²) in [6.07, 6.45) is -2.89. The van der Waals surface area contributed by atoms with Crippen LogP contribution in [0.5, 0.6) is 0 Å². The Morgan fingerprint density at radius 1 is 1.40 bits per heavy atom. The Morgan fingerprint density at radius 3 is 2.60 bits per heavy atom. The Labute approximate surface area is 83.4 Å². The molecule has 1 aromatic heterocycles. The lowest BCUT2D eigenvalue weighted by Crippen LogP contribution is -2.07. The van der Waals surface area contributed by atoms with Crippen molar-refractivity contribution in [2.45, 2.75) is 12.6 Å². The molecule has 1 rings (SSSR count). The first-order valence-corrected chi connectivity index (χ1v) is 4.07. The van der Waals surface area contributed by atoms with Gasteiger partial charge in [-0.2, -0.15) is 13.2 Å². The van der Waals surface area contributed by atoms with Crippen molar-refractivity contribution in [2.75, 3.05) is 6.54 Å². The van der Waals surface area contributed by atoms with Crippen molar-refractivity contribution in [1.29, 1.82) is 0 Å². The van der Waals surface area contributed by atoms with Gasteiger partial charge in [-0.15, -0.1) is 0 Å². The summed E-state index contributed by atoms with van der Waals surface area (Å²) < 4.78 is 36.3. The van der Waals surface area contributed by atoms with Crippen LogP contribution in [-0.4, -0.2) is 11.5 Å². The maximum atomic E-state index is 12.1. The standard InChI is InChI=1S/C8H7F3N4/c9-8(10,11)7-2-1-6(5-13-7)3-4-14-15-12/h1-2,5H,3-4H2. The molecule has 0 bridgehead atoms. The first-order chi connectivity index (χ1) is 7.04. The highest BCUT2D eigenvalue weighted by Crippen LogP contribution is 2.27. The minimum Gasteiger partial charge on any atom is -0.252 e. The largest absolute Gasteiger partial charge is 0.433 e. The van der Waals surface area contributed by atoms with E-state index in [9.17, 15) is 13.2 Å². The van der Waals surface area contributed by atoms with Crippen molar-refractivity contribution in [1.82, 2.24) is 4.98 Å². The average molecular weight is 216 g/mol. The summed E-state index contributed by atoms with van der Waals surface area (Å²) in [5.41, 5.74) is 7.67. The summed E-state index contributed by atoms with van der Waals surface area (Å²) in [6, 6.07) is 2.23. The van der Waals surface area contributed by atoms with Crippen molar-refractivity contribution in [3.05, 3.63) is 40.0 Å². The van der Waals surface area contributed by atoms with Crippen molar-refractivity contribution < 1.29 is 13.2 Å². The van der Waals surface area contributed by atoms with Crippen molar-refractivity contribution in [2.24, 2.45) is 5.11 Å². The van der Waals surface area contributed by atoms with Crippen LogP contribution in [-0.2, 0) is 12.6 Å². The monoisotopic (exact) mass is 216 g/mol. The molecule has 0 spiro atoms. The van der Waals surface area contributed by atoms with Crippen LogP contribution < -0.4 is 0 Å². The number of pyridine rings is 1. The molecule has 0 saturated carbocycles. The fraction of sp³-hybridized carbons (Fsp3) is 0.375. The molecule has 0 atom stereocenters. The lowest BCUT2D eigenvalue weighted by atomic mass is 10.2. The van der Waals surface area contributed by atoms with Gasteiger partial charge in [0.2, 0.25) is 0 Å². The number of hydrogen-bond acceptors (Lipinski definition) is 2. The number of azide groups is 1. The van der Waals surface area contributed by atoms with Gasteiger partial charge in [-0.05, 0) is 23.6 Å². The van der Waals surface area contributed by atoms with Crippen LogP contribution in [0.15, 0.2) is 23.4 Å². The third-order valence-corrected chi connectivity index (χ3v) is 1.68. The van der Waals surface area contributed by atoms with Crippen LogP contribution in [0.4, 0.5) is 13.2 Å². The molecule has 0 aliphatic carbocycles. The van der Waals surface area contributed by atoms with E-state index < -0.39 is 11.9 Å². The Bertz CT molecular complexity index is 364. The first kappa shape index (κ1) is 11.3. The molecular formula is C8H7F3N4. The van der Waals surface area contributed by atoms with Gasteiger partial charge in [-0.3, -0.25) is 4.98 Å². The van der Waals surface area contributed by atoms with E-state index in [1.807, 2.05) is 0 Å². The molecule has 0 unspecified atom stereocenters. The molecule has 0 N–H and O–H groups in total. The molecular weight excluding hydrogens is 209 g/mol. The van der Waals surface area contributed by atoms with Gasteiger partial charge in [0.05, 0.1) is 0 Å². The van der Waals surface area contributed by atoms with Crippen LogP contribution in [0.25, 0.3) is 10.4 Å². The van der Waals surface area contributed by atoms with E-state index >= 15 is 0 Å². The van der Waals surface area contributed by atoms with E-state index in [1.54, 1.807) is 0 Å². The highest BCUT2D eigenvalue weighted by molar-refractivity contribution is 5.16. The fourth-order valence-electron chi connectivity index (χ4n) is 0.964. The summed E-state index contributed by atoms with van der Waals surface area (Å²) >= 11 is 0. The number of halogens is 3. The highest BCUT2D eigenvalue weighted by Gasteiger charge is 2.31. The molecule has 4 nitrogen and oxygen atoms in total. The van der Waals surface area contributed by atoms with Crippen LogP contribution in [0.1, 0.15) is 11.3 Å². The van der Waals surface area contributed by atoms with Gasteiger partial charge >= 0.3 is 6.18 Å². The number of nitrogens with zero attached hydrogens (tertiary/aromatic N) is 4. The van der Waals surface area contributed by atoms with Crippen LogP contribution in [0.3, 0.4) is 0 Å². The predicted octanol–water partition coefficient (Wildman–Crippen LogP) is 2.95. The lowest BCUT2D eigenvalue weighted by molar-refractivity contribution is -0.141. The molecule has 0 aliphatic rings. The molecule has 7 heteroatoms. The molecule has 0 amide bonds. The fourth-order valence-corrected chi connectivity index (χ4v) is 0.964. The van der Waals surface area contributed by atoms with Crippen molar-refractivity contribution in [3.63, 3.8) is 0 Å². The quantitative estimate of drug-likeness (QED) is 0.435. The summed E-state index contributed by atoms with van der Waals surface area (Å²) in [5.74, 6) is 0. The zero-order valence-electron chi connectivity index (χ0n) is 7.57. The van der Waals surface area contributed by atoms with Gasteiger partial charge in [-0.1, -0.05) is 11.2 Å². The van der Waals surface area contributed by atoms with Gasteiger partial charge < -0.3 is 0 Å². The van der Waals surface area contributed by atoms with E-state index in [2.05, 4.69) is 15.0 Å². The molecule has 0 radical (unpaired) electrons. The smallest absolute Gasteiger partial charge is 0.252 e. The first-order valence-electron chi connectivity index (χ1n) is 4.07. The zero-order valence-corrected chi connectivity index (χ0v) is 7.57. The third kappa shape index (κ3) is 3.47. The second-order valence-corrected chi connectivity index (χ2v) is 2.75. The lowest BCUT2D eigenvalue weighted by Gasteiger charge is -2.05. The molecule has 15 heavy (non-hydrogen) atoms. The highest BCUT2D eigenvalue weighted by atomic mass is 19.4. The Hall–Kier alpha value is -1.75. The van der Waals surface area contributed by atoms with Gasteiger partial charge in [0.15, 0.2) is 0 Å². The molecule has 0 aromatic carbocycles. The summed E-state index contributed by atoms with van der Waals surface area (Å²) in [4.78, 5) is 5.80. The van der Waals surface area contributed by atoms with Gasteiger partial charge in [0.1, 0.15) is 5.69 Å². The Kier molecular flexibility index (Phi) is 3.51. The van der Waals surface area contributed by atoms with E-state index in [4.69, 9.17) is 5.53 Å². The van der Waals surface area contributed by atoms with Crippen LogP contribution >= 0.6 is 0 Å². The number of aromatic nitrogens is 1. The molecule has 0 fully saturated rings. The third-order valence-electron chi connectivity index (χ3n) is 1.68. The van der Waals surface area contributed by atoms with E-state index in [0.29, 0.717) is 12.0 Å². The van der Waals surface area contributed by atoms with E-state index in [0.717, 1.165) is 12.3 Å². The molecule has 0 saturated heterocycles. The normalized spacial score (nSPS) is 10.9. The molecule has 80 valence electrons. The van der Waals surface area contributed by atoms with Crippen molar-refractivity contribution >= 4 is 0 Å². The van der Waals surface area contributed by atoms with E-state index in [-0.39, 0.29) is 6.54 Å². The summed E-state index contributed by atoms with van der Waals surface area (Å²) in [6.45, 7) is 0.212. The molecule has 1 heterocycles. The van der Waals surface area contributed by atoms with Crippen LogP contribution in [0, 0.1) is 0 Å². The van der Waals surface area contributed by atoms with Crippen molar-refractivity contribution in [3.8, 4) is 0 Å². The minimum atomic E-state index is -4.41. The minimum absolute atomic E-state index is 0.212.